The maximum atomic E-state index is 12.5. The molecule has 2 saturated heterocycles. The molecule has 0 aromatic carbocycles. The van der Waals surface area contributed by atoms with E-state index in [9.17, 15) is 29.4 Å². The summed E-state index contributed by atoms with van der Waals surface area (Å²) in [7, 11) is 0. The number of carbonyl (C=O) groups is 4. The molecule has 0 saturated carbocycles. The van der Waals surface area contributed by atoms with Crippen molar-refractivity contribution in [3.63, 3.8) is 0 Å². The number of carbonyl (C=O) groups excluding carboxylic acids is 2. The summed E-state index contributed by atoms with van der Waals surface area (Å²) in [6.07, 6.45) is 4.17. The zero-order valence-corrected chi connectivity index (χ0v) is 26.4. The summed E-state index contributed by atoms with van der Waals surface area (Å²) >= 11 is 0. The van der Waals surface area contributed by atoms with Crippen molar-refractivity contribution in [2.24, 2.45) is 23.7 Å². The summed E-state index contributed by atoms with van der Waals surface area (Å²) in [4.78, 5) is 55.3. The van der Waals surface area contributed by atoms with E-state index in [0.29, 0.717) is 32.1 Å². The number of hydrogen-bond acceptors (Lipinski definition) is 4. The maximum absolute atomic E-state index is 12.5. The highest BCUT2D eigenvalue weighted by molar-refractivity contribution is 5.82. The number of rotatable bonds is 14. The molecular weight excluding hydrogens is 548 g/mol. The first kappa shape index (κ1) is 32.4. The molecule has 43 heavy (non-hydrogen) atoms. The third-order valence-corrected chi connectivity index (χ3v) is 10.3. The second kappa shape index (κ2) is 13.4. The predicted octanol–water partition coefficient (Wildman–Crippen LogP) is 3.99. The third kappa shape index (κ3) is 6.83. The highest BCUT2D eigenvalue weighted by atomic mass is 16.4. The number of amides is 2. The predicted molar refractivity (Wildman–Crippen MR) is 163 cm³/mol. The number of H-pyrrole nitrogens is 2. The molecule has 1 unspecified atom stereocenters. The van der Waals surface area contributed by atoms with Gasteiger partial charge in [0.1, 0.15) is 0 Å². The molecular formula is C33H48N4O6. The van der Waals surface area contributed by atoms with E-state index in [1.165, 1.54) is 0 Å². The first-order valence-electron chi connectivity index (χ1n) is 15.8. The molecule has 2 fully saturated rings. The van der Waals surface area contributed by atoms with Gasteiger partial charge >= 0.3 is 11.9 Å². The van der Waals surface area contributed by atoms with Crippen molar-refractivity contribution in [3.05, 3.63) is 45.0 Å². The summed E-state index contributed by atoms with van der Waals surface area (Å²) in [5.74, 6) is -1.22. The van der Waals surface area contributed by atoms with E-state index in [2.05, 4.69) is 34.4 Å². The van der Waals surface area contributed by atoms with Crippen molar-refractivity contribution in [2.75, 3.05) is 0 Å². The van der Waals surface area contributed by atoms with Crippen molar-refractivity contribution in [3.8, 4) is 0 Å². The molecule has 2 aromatic rings. The molecule has 236 valence electrons. The van der Waals surface area contributed by atoms with Gasteiger partial charge in [0.2, 0.25) is 11.8 Å². The monoisotopic (exact) mass is 596 g/mol. The van der Waals surface area contributed by atoms with Crippen LogP contribution in [0.1, 0.15) is 98.4 Å². The van der Waals surface area contributed by atoms with Crippen LogP contribution in [0.4, 0.5) is 0 Å². The van der Waals surface area contributed by atoms with Gasteiger partial charge in [-0.2, -0.15) is 0 Å². The number of nitrogens with one attached hydrogen (secondary N) is 4. The SMILES string of the molecule is CC[C@H]1[C@H](Cc2[nH]c(Cc3[nH]c(C[C@@H]4NC(=O)[C@H](CC)C4C)c(C)c3CCC(=O)O)c(CCC(=O)O)c2C)NC(=O)[C@@H]1C. The minimum Gasteiger partial charge on any atom is -0.481 e. The molecule has 10 heteroatoms. The fraction of sp³-hybridized carbons (Fsp3) is 0.636. The Kier molecular flexibility index (Phi) is 10.1. The van der Waals surface area contributed by atoms with Crippen LogP contribution in [0, 0.1) is 37.5 Å². The van der Waals surface area contributed by atoms with Gasteiger partial charge in [-0.15, -0.1) is 0 Å². The van der Waals surface area contributed by atoms with E-state index < -0.39 is 11.9 Å². The quantitative estimate of drug-likeness (QED) is 0.193. The second-order valence-corrected chi connectivity index (χ2v) is 12.7. The number of aliphatic carboxylic acids is 2. The van der Waals surface area contributed by atoms with Crippen LogP contribution in [0.3, 0.4) is 0 Å². The first-order valence-corrected chi connectivity index (χ1v) is 15.8. The molecule has 0 aliphatic carbocycles. The summed E-state index contributed by atoms with van der Waals surface area (Å²) in [6, 6.07) is 0.00186. The Balaban J connectivity index is 1.68. The standard InChI is InChI=1S/C33H48N4O6/c1-7-20-19(6)32(42)37-27(20)14-25-18(5)23(10-12-31(40)41)29(35-25)15-28-22(9-11-30(38)39)17(4)24(34-28)13-26-16(3)21(8-2)33(43)36-26/h16,19-21,26-27,34-35H,7-15H2,1-6H3,(H,36,43)(H,37,42)(H,38,39)(H,40,41)/t16?,19-,20-,21-,26+,27+/m1/s1. The molecule has 10 nitrogen and oxygen atoms in total. The van der Waals surface area contributed by atoms with Gasteiger partial charge in [-0.25, -0.2) is 0 Å². The summed E-state index contributed by atoms with van der Waals surface area (Å²) in [6.45, 7) is 12.2. The van der Waals surface area contributed by atoms with E-state index in [-0.39, 0.29) is 60.4 Å². The average Bonchev–Trinajstić information content (AvgIpc) is 3.59. The van der Waals surface area contributed by atoms with Crippen LogP contribution in [-0.4, -0.2) is 56.0 Å². The highest BCUT2D eigenvalue weighted by Crippen LogP contribution is 2.33. The van der Waals surface area contributed by atoms with Crippen molar-refractivity contribution < 1.29 is 29.4 Å². The van der Waals surface area contributed by atoms with Crippen molar-refractivity contribution in [1.29, 1.82) is 0 Å². The maximum Gasteiger partial charge on any atom is 0.303 e. The van der Waals surface area contributed by atoms with E-state index in [1.54, 1.807) is 0 Å². The molecule has 0 radical (unpaired) electrons. The van der Waals surface area contributed by atoms with Crippen LogP contribution in [0.5, 0.6) is 0 Å². The number of aromatic amines is 2. The lowest BCUT2D eigenvalue weighted by Gasteiger charge is -2.19. The lowest BCUT2D eigenvalue weighted by atomic mass is 9.87. The van der Waals surface area contributed by atoms with Gasteiger partial charge in [0, 0.05) is 78.8 Å². The normalized spacial score (nSPS) is 25.3. The molecule has 2 amide bonds. The smallest absolute Gasteiger partial charge is 0.303 e. The zero-order chi connectivity index (χ0) is 31.6. The van der Waals surface area contributed by atoms with Gasteiger partial charge in [0.05, 0.1) is 0 Å². The molecule has 0 bridgehead atoms. The van der Waals surface area contributed by atoms with Crippen molar-refractivity contribution in [1.82, 2.24) is 20.6 Å². The summed E-state index contributed by atoms with van der Waals surface area (Å²) in [5.41, 5.74) is 7.77. The summed E-state index contributed by atoms with van der Waals surface area (Å²) in [5, 5.41) is 25.3. The Labute approximate surface area is 253 Å². The molecule has 2 aliphatic rings. The number of aromatic nitrogens is 2. The number of hydrogen-bond donors (Lipinski definition) is 6. The van der Waals surface area contributed by atoms with Crippen LogP contribution >= 0.6 is 0 Å². The van der Waals surface area contributed by atoms with E-state index in [0.717, 1.165) is 57.9 Å². The Morgan fingerprint density at radius 3 is 1.65 bits per heavy atom. The highest BCUT2D eigenvalue weighted by Gasteiger charge is 2.39. The van der Waals surface area contributed by atoms with Gasteiger partial charge in [0.25, 0.3) is 0 Å². The molecule has 6 N–H and O–H groups in total. The van der Waals surface area contributed by atoms with Crippen LogP contribution in [0.15, 0.2) is 0 Å². The van der Waals surface area contributed by atoms with Crippen LogP contribution in [0.2, 0.25) is 0 Å². The van der Waals surface area contributed by atoms with Crippen LogP contribution in [-0.2, 0) is 51.3 Å². The molecule has 4 heterocycles. The van der Waals surface area contributed by atoms with Crippen LogP contribution in [0.25, 0.3) is 0 Å². The summed E-state index contributed by atoms with van der Waals surface area (Å²) < 4.78 is 0. The first-order chi connectivity index (χ1) is 20.4. The molecule has 0 spiro atoms. The van der Waals surface area contributed by atoms with Gasteiger partial charge in [-0.3, -0.25) is 19.2 Å². The Hall–Kier alpha value is -3.56. The van der Waals surface area contributed by atoms with Gasteiger partial charge in [-0.1, -0.05) is 34.1 Å². The number of carboxylic acids is 2. The lowest BCUT2D eigenvalue weighted by Crippen LogP contribution is -2.31. The van der Waals surface area contributed by atoms with Gasteiger partial charge in [-0.05, 0) is 67.2 Å². The van der Waals surface area contributed by atoms with Crippen LogP contribution < -0.4 is 10.6 Å². The Bertz CT molecular complexity index is 1370. The minimum atomic E-state index is -0.867. The van der Waals surface area contributed by atoms with E-state index in [4.69, 9.17) is 0 Å². The topological polar surface area (TPSA) is 164 Å². The van der Waals surface area contributed by atoms with Gasteiger partial charge in [0.15, 0.2) is 0 Å². The molecule has 2 aromatic heterocycles. The van der Waals surface area contributed by atoms with Crippen molar-refractivity contribution in [2.45, 2.75) is 111 Å². The fourth-order valence-electron chi connectivity index (χ4n) is 7.53. The molecule has 4 rings (SSSR count). The Morgan fingerprint density at radius 1 is 0.721 bits per heavy atom. The minimum absolute atomic E-state index is 0.00134. The fourth-order valence-corrected chi connectivity index (χ4v) is 7.53. The molecule has 2 aliphatic heterocycles. The van der Waals surface area contributed by atoms with Gasteiger partial charge < -0.3 is 30.8 Å². The van der Waals surface area contributed by atoms with Crippen molar-refractivity contribution >= 4 is 23.8 Å². The Morgan fingerprint density at radius 2 is 1.21 bits per heavy atom. The van der Waals surface area contributed by atoms with E-state index >= 15 is 0 Å². The third-order valence-electron chi connectivity index (χ3n) is 10.3. The molecule has 6 atom stereocenters. The average molecular weight is 597 g/mol. The van der Waals surface area contributed by atoms with E-state index in [1.807, 2.05) is 27.7 Å². The number of carboxylic acid groups (broad SMARTS) is 2. The second-order valence-electron chi connectivity index (χ2n) is 12.7. The lowest BCUT2D eigenvalue weighted by molar-refractivity contribution is -0.138. The largest absolute Gasteiger partial charge is 0.481 e. The zero-order valence-electron chi connectivity index (χ0n) is 26.4.